The molecule has 0 atom stereocenters. The van der Waals surface area contributed by atoms with Crippen LogP contribution in [0.3, 0.4) is 0 Å². The molecule has 0 radical (unpaired) electrons. The van der Waals surface area contributed by atoms with E-state index in [0.717, 1.165) is 6.42 Å². The van der Waals surface area contributed by atoms with Crippen molar-refractivity contribution >= 4 is 0 Å². The molecular formula is C10H19NO. The highest BCUT2D eigenvalue weighted by molar-refractivity contribution is 4.99. The Bertz CT molecular complexity index is 148. The van der Waals surface area contributed by atoms with Crippen molar-refractivity contribution in [2.75, 3.05) is 19.7 Å². The molecule has 2 aliphatic heterocycles. The van der Waals surface area contributed by atoms with Crippen molar-refractivity contribution in [1.82, 2.24) is 4.90 Å². The monoisotopic (exact) mass is 169 g/mol. The quantitative estimate of drug-likeness (QED) is 0.690. The van der Waals surface area contributed by atoms with Gasteiger partial charge in [-0.05, 0) is 51.6 Å². The molecule has 0 spiro atoms. The molecule has 2 heterocycles. The van der Waals surface area contributed by atoms with Gasteiger partial charge in [-0.1, -0.05) is 0 Å². The summed E-state index contributed by atoms with van der Waals surface area (Å²) in [5.74, 6) is 0. The largest absolute Gasteiger partial charge is 0.396 e. The van der Waals surface area contributed by atoms with Gasteiger partial charge in [0.1, 0.15) is 0 Å². The van der Waals surface area contributed by atoms with Gasteiger partial charge in [0.2, 0.25) is 0 Å². The maximum absolute atomic E-state index is 8.82. The average Bonchev–Trinajstić information content (AvgIpc) is 2.58. The maximum atomic E-state index is 8.82. The molecule has 2 rings (SSSR count). The van der Waals surface area contributed by atoms with Crippen molar-refractivity contribution in [3.63, 3.8) is 0 Å². The third kappa shape index (κ3) is 1.27. The highest BCUT2D eigenvalue weighted by Gasteiger charge is 2.43. The van der Waals surface area contributed by atoms with Crippen LogP contribution in [0.4, 0.5) is 0 Å². The molecule has 0 aliphatic carbocycles. The van der Waals surface area contributed by atoms with Gasteiger partial charge in [-0.3, -0.25) is 4.90 Å². The number of aliphatic hydroxyl groups is 1. The van der Waals surface area contributed by atoms with Crippen molar-refractivity contribution in [3.05, 3.63) is 0 Å². The van der Waals surface area contributed by atoms with E-state index in [1.807, 2.05) is 0 Å². The first kappa shape index (κ1) is 8.52. The van der Waals surface area contributed by atoms with Gasteiger partial charge in [-0.25, -0.2) is 0 Å². The molecule has 0 aromatic carbocycles. The molecule has 0 amide bonds. The van der Waals surface area contributed by atoms with Crippen molar-refractivity contribution < 1.29 is 5.11 Å². The van der Waals surface area contributed by atoms with Gasteiger partial charge in [0.15, 0.2) is 0 Å². The molecule has 70 valence electrons. The molecule has 2 aliphatic rings. The van der Waals surface area contributed by atoms with Crippen molar-refractivity contribution in [3.8, 4) is 0 Å². The first-order valence-electron chi connectivity index (χ1n) is 5.23. The molecular weight excluding hydrogens is 150 g/mol. The highest BCUT2D eigenvalue weighted by atomic mass is 16.2. The number of nitrogens with zero attached hydrogens (tertiary/aromatic N) is 1. The molecule has 0 saturated carbocycles. The van der Waals surface area contributed by atoms with E-state index in [2.05, 4.69) is 4.90 Å². The van der Waals surface area contributed by atoms with Crippen LogP contribution in [0.25, 0.3) is 0 Å². The van der Waals surface area contributed by atoms with E-state index >= 15 is 0 Å². The summed E-state index contributed by atoms with van der Waals surface area (Å²) in [4.78, 5) is 2.66. The highest BCUT2D eigenvalue weighted by Crippen LogP contribution is 2.41. The summed E-state index contributed by atoms with van der Waals surface area (Å²) < 4.78 is 0. The average molecular weight is 169 g/mol. The van der Waals surface area contributed by atoms with Crippen LogP contribution in [0.5, 0.6) is 0 Å². The summed E-state index contributed by atoms with van der Waals surface area (Å²) in [6, 6.07) is 0. The summed E-state index contributed by atoms with van der Waals surface area (Å²) in [7, 11) is 0. The van der Waals surface area contributed by atoms with E-state index < -0.39 is 0 Å². The molecule has 12 heavy (non-hydrogen) atoms. The fourth-order valence-corrected chi connectivity index (χ4v) is 3.04. The molecule has 1 N–H and O–H groups in total. The fraction of sp³-hybridized carbons (Fsp3) is 1.00. The fourth-order valence-electron chi connectivity index (χ4n) is 3.04. The van der Waals surface area contributed by atoms with Gasteiger partial charge < -0.3 is 5.11 Å². The Morgan fingerprint density at radius 1 is 1.17 bits per heavy atom. The van der Waals surface area contributed by atoms with Gasteiger partial charge in [0.05, 0.1) is 0 Å². The molecule has 0 aromatic heterocycles. The normalized spacial score (nSPS) is 27.8. The van der Waals surface area contributed by atoms with Crippen molar-refractivity contribution in [1.29, 1.82) is 0 Å². The van der Waals surface area contributed by atoms with E-state index in [4.69, 9.17) is 5.11 Å². The second-order valence-corrected chi connectivity index (χ2v) is 4.25. The SMILES string of the molecule is OCCCC12CCCN1CCC2. The Hall–Kier alpha value is -0.0800. The van der Waals surface area contributed by atoms with Crippen molar-refractivity contribution in [2.24, 2.45) is 0 Å². The standard InChI is InChI=1S/C10H19NO/c12-9-3-6-10-4-1-7-11(10)8-2-5-10/h12H,1-9H2. The molecule has 2 fully saturated rings. The van der Waals surface area contributed by atoms with Gasteiger partial charge in [0, 0.05) is 12.1 Å². The summed E-state index contributed by atoms with van der Waals surface area (Å²) >= 11 is 0. The van der Waals surface area contributed by atoms with E-state index in [0.29, 0.717) is 12.1 Å². The van der Waals surface area contributed by atoms with Gasteiger partial charge in [-0.2, -0.15) is 0 Å². The van der Waals surface area contributed by atoms with Crippen LogP contribution in [-0.4, -0.2) is 35.2 Å². The zero-order valence-corrected chi connectivity index (χ0v) is 7.76. The number of hydrogen-bond donors (Lipinski definition) is 1. The van der Waals surface area contributed by atoms with Crippen LogP contribution < -0.4 is 0 Å². The van der Waals surface area contributed by atoms with Crippen LogP contribution in [0.1, 0.15) is 38.5 Å². The third-order valence-corrected chi connectivity index (χ3v) is 3.61. The Labute approximate surface area is 74.6 Å². The number of hydrogen-bond acceptors (Lipinski definition) is 2. The molecule has 2 nitrogen and oxygen atoms in total. The summed E-state index contributed by atoms with van der Waals surface area (Å²) in [5, 5.41) is 8.82. The summed E-state index contributed by atoms with van der Waals surface area (Å²) in [5.41, 5.74) is 0.530. The van der Waals surface area contributed by atoms with Crippen LogP contribution in [-0.2, 0) is 0 Å². The molecule has 2 heteroatoms. The lowest BCUT2D eigenvalue weighted by atomic mass is 9.89. The molecule has 0 unspecified atom stereocenters. The Morgan fingerprint density at radius 3 is 2.42 bits per heavy atom. The molecule has 0 bridgehead atoms. The lowest BCUT2D eigenvalue weighted by Crippen LogP contribution is -2.38. The lowest BCUT2D eigenvalue weighted by Gasteiger charge is -2.31. The Kier molecular flexibility index (Phi) is 2.37. The minimum atomic E-state index is 0.371. The number of rotatable bonds is 3. The third-order valence-electron chi connectivity index (χ3n) is 3.61. The zero-order chi connectivity index (χ0) is 8.44. The minimum Gasteiger partial charge on any atom is -0.396 e. The van der Waals surface area contributed by atoms with Crippen LogP contribution in [0.2, 0.25) is 0 Å². The van der Waals surface area contributed by atoms with Crippen LogP contribution in [0, 0.1) is 0 Å². The molecule has 0 aromatic rings. The smallest absolute Gasteiger partial charge is 0.0431 e. The van der Waals surface area contributed by atoms with Gasteiger partial charge >= 0.3 is 0 Å². The van der Waals surface area contributed by atoms with Gasteiger partial charge in [-0.15, -0.1) is 0 Å². The number of aliphatic hydroxyl groups excluding tert-OH is 1. The number of fused-ring (bicyclic) bond motifs is 1. The second kappa shape index (κ2) is 3.35. The Balaban J connectivity index is 1.97. The molecule has 2 saturated heterocycles. The van der Waals surface area contributed by atoms with Crippen LogP contribution in [0.15, 0.2) is 0 Å². The van der Waals surface area contributed by atoms with E-state index in [1.54, 1.807) is 0 Å². The Morgan fingerprint density at radius 2 is 1.83 bits per heavy atom. The lowest BCUT2D eigenvalue weighted by molar-refractivity contribution is 0.163. The van der Waals surface area contributed by atoms with Gasteiger partial charge in [0.25, 0.3) is 0 Å². The van der Waals surface area contributed by atoms with E-state index in [-0.39, 0.29) is 0 Å². The minimum absolute atomic E-state index is 0.371. The predicted molar refractivity (Wildman–Crippen MR) is 49.1 cm³/mol. The topological polar surface area (TPSA) is 23.5 Å². The summed E-state index contributed by atoms with van der Waals surface area (Å²) in [6.07, 6.45) is 7.75. The summed E-state index contributed by atoms with van der Waals surface area (Å²) in [6.45, 7) is 2.99. The van der Waals surface area contributed by atoms with E-state index in [1.165, 1.54) is 45.2 Å². The predicted octanol–water partition coefficient (Wildman–Crippen LogP) is 1.39. The first-order valence-corrected chi connectivity index (χ1v) is 5.23. The second-order valence-electron chi connectivity index (χ2n) is 4.25. The van der Waals surface area contributed by atoms with E-state index in [9.17, 15) is 0 Å². The van der Waals surface area contributed by atoms with Crippen LogP contribution >= 0.6 is 0 Å². The first-order chi connectivity index (χ1) is 5.87. The zero-order valence-electron chi connectivity index (χ0n) is 7.76. The maximum Gasteiger partial charge on any atom is 0.0431 e. The van der Waals surface area contributed by atoms with Crippen molar-refractivity contribution in [2.45, 2.75) is 44.1 Å².